The topological polar surface area (TPSA) is 9.86 Å². The minimum absolute atomic E-state index is 0.954. The second kappa shape index (κ2) is 7.72. The normalized spacial score (nSPS) is 12.9. The number of benzene rings is 6. The van der Waals surface area contributed by atoms with Gasteiger partial charge >= 0.3 is 0 Å². The smallest absolute Gasteiger partial charge is 0.0625 e. The molecule has 2 heteroatoms. The molecule has 182 valence electrons. The van der Waals surface area contributed by atoms with Crippen molar-refractivity contribution in [1.29, 1.82) is 0 Å². The number of aromatic nitrogens is 2. The lowest BCUT2D eigenvalue weighted by atomic mass is 9.96. The fourth-order valence-electron chi connectivity index (χ4n) is 6.93. The van der Waals surface area contributed by atoms with Crippen LogP contribution in [0, 0.1) is 0 Å². The summed E-state index contributed by atoms with van der Waals surface area (Å²) in [6.45, 7) is 0. The van der Waals surface area contributed by atoms with Crippen LogP contribution in [0.4, 0.5) is 0 Å². The van der Waals surface area contributed by atoms with E-state index in [1.807, 2.05) is 0 Å². The maximum atomic E-state index is 2.49. The first kappa shape index (κ1) is 20.9. The quantitative estimate of drug-likeness (QED) is 0.211. The molecule has 0 N–H and O–H groups in total. The molecule has 0 radical (unpaired) electrons. The molecular weight excluding hydrogens is 472 g/mol. The Labute approximate surface area is 225 Å². The fraction of sp³-hybridized carbons (Fsp3) is 0.0270. The number of allylic oxidation sites excluding steroid dienone is 1. The van der Waals surface area contributed by atoms with E-state index in [0.717, 1.165) is 6.42 Å². The zero-order valence-corrected chi connectivity index (χ0v) is 21.3. The van der Waals surface area contributed by atoms with E-state index in [2.05, 4.69) is 143 Å². The summed E-state index contributed by atoms with van der Waals surface area (Å²) in [4.78, 5) is 0. The Morgan fingerprint density at radius 3 is 1.74 bits per heavy atom. The zero-order chi connectivity index (χ0) is 25.5. The highest BCUT2D eigenvalue weighted by Crippen LogP contribution is 2.45. The van der Waals surface area contributed by atoms with Crippen molar-refractivity contribution in [2.75, 3.05) is 0 Å². The van der Waals surface area contributed by atoms with Crippen molar-refractivity contribution in [2.45, 2.75) is 6.42 Å². The third kappa shape index (κ3) is 2.75. The zero-order valence-electron chi connectivity index (χ0n) is 21.3. The van der Waals surface area contributed by atoms with Crippen molar-refractivity contribution in [2.24, 2.45) is 0 Å². The van der Waals surface area contributed by atoms with Crippen LogP contribution in [0.3, 0.4) is 0 Å². The van der Waals surface area contributed by atoms with Crippen LogP contribution in [0.15, 0.2) is 127 Å². The van der Waals surface area contributed by atoms with E-state index in [1.165, 1.54) is 76.9 Å². The fourth-order valence-corrected chi connectivity index (χ4v) is 6.93. The van der Waals surface area contributed by atoms with Gasteiger partial charge in [-0.3, -0.25) is 0 Å². The van der Waals surface area contributed by atoms with E-state index in [0.29, 0.717) is 0 Å². The Morgan fingerprint density at radius 1 is 0.462 bits per heavy atom. The Kier molecular flexibility index (Phi) is 4.14. The van der Waals surface area contributed by atoms with Gasteiger partial charge in [-0.15, -0.1) is 0 Å². The first-order valence-corrected chi connectivity index (χ1v) is 13.6. The van der Waals surface area contributed by atoms with Crippen LogP contribution in [0.1, 0.15) is 11.3 Å². The summed E-state index contributed by atoms with van der Waals surface area (Å²) in [6, 6.07) is 44.3. The largest absolute Gasteiger partial charge is 0.313 e. The molecule has 2 nitrogen and oxygen atoms in total. The Bertz CT molecular complexity index is 2280. The van der Waals surface area contributed by atoms with Gasteiger partial charge in [0.05, 0.1) is 16.6 Å². The van der Waals surface area contributed by atoms with Gasteiger partial charge in [-0.25, -0.2) is 0 Å². The number of para-hydroxylation sites is 2. The first-order valence-electron chi connectivity index (χ1n) is 13.6. The number of nitrogens with zero attached hydrogens (tertiary/aromatic N) is 2. The predicted octanol–water partition coefficient (Wildman–Crippen LogP) is 9.60. The molecule has 1 aliphatic rings. The van der Waals surface area contributed by atoms with Gasteiger partial charge in [0.25, 0.3) is 0 Å². The summed E-state index contributed by atoms with van der Waals surface area (Å²) in [5, 5.41) is 9.14. The van der Waals surface area contributed by atoms with Crippen LogP contribution in [-0.4, -0.2) is 9.13 Å². The second-order valence-electron chi connectivity index (χ2n) is 10.5. The minimum Gasteiger partial charge on any atom is -0.313 e. The molecule has 0 unspecified atom stereocenters. The maximum Gasteiger partial charge on any atom is 0.0625 e. The van der Waals surface area contributed by atoms with Gasteiger partial charge in [-0.1, -0.05) is 97.1 Å². The molecule has 0 amide bonds. The van der Waals surface area contributed by atoms with Gasteiger partial charge in [0, 0.05) is 50.6 Å². The summed E-state index contributed by atoms with van der Waals surface area (Å²) in [7, 11) is 0. The number of hydrogen-bond acceptors (Lipinski definition) is 0. The number of hydrogen-bond donors (Lipinski definition) is 0. The molecule has 9 rings (SSSR count). The van der Waals surface area contributed by atoms with Gasteiger partial charge in [0.15, 0.2) is 0 Å². The third-order valence-electron chi connectivity index (χ3n) is 8.49. The molecule has 0 spiro atoms. The number of fused-ring (bicyclic) bond motifs is 11. The highest BCUT2D eigenvalue weighted by molar-refractivity contribution is 6.33. The highest BCUT2D eigenvalue weighted by atomic mass is 15.0. The molecule has 0 bridgehead atoms. The predicted molar refractivity (Wildman–Crippen MR) is 165 cm³/mol. The Hall–Kier alpha value is -5.08. The summed E-state index contributed by atoms with van der Waals surface area (Å²) >= 11 is 0. The van der Waals surface area contributed by atoms with Crippen molar-refractivity contribution in [1.82, 2.24) is 9.13 Å². The highest BCUT2D eigenvalue weighted by Gasteiger charge is 2.24. The Balaban J connectivity index is 1.57. The van der Waals surface area contributed by atoms with E-state index < -0.39 is 0 Å². The lowest BCUT2D eigenvalue weighted by Gasteiger charge is -2.12. The van der Waals surface area contributed by atoms with Crippen LogP contribution in [0.5, 0.6) is 0 Å². The second-order valence-corrected chi connectivity index (χ2v) is 10.5. The summed E-state index contributed by atoms with van der Waals surface area (Å²) in [6.07, 6.45) is 5.56. The van der Waals surface area contributed by atoms with E-state index in [1.54, 1.807) is 0 Å². The third-order valence-corrected chi connectivity index (χ3v) is 8.49. The lowest BCUT2D eigenvalue weighted by molar-refractivity contribution is 1.01. The van der Waals surface area contributed by atoms with Crippen molar-refractivity contribution < 1.29 is 0 Å². The van der Waals surface area contributed by atoms with Gasteiger partial charge in [-0.05, 0) is 52.6 Å². The van der Waals surface area contributed by atoms with Crippen molar-refractivity contribution >= 4 is 60.3 Å². The van der Waals surface area contributed by atoms with Crippen LogP contribution < -0.4 is 0 Å². The summed E-state index contributed by atoms with van der Waals surface area (Å²) in [5.41, 5.74) is 8.89. The molecule has 6 aromatic carbocycles. The van der Waals surface area contributed by atoms with Gasteiger partial charge in [0.2, 0.25) is 0 Å². The molecule has 8 aromatic rings. The molecule has 0 atom stereocenters. The Morgan fingerprint density at radius 2 is 1.03 bits per heavy atom. The van der Waals surface area contributed by atoms with Crippen LogP contribution in [0.2, 0.25) is 0 Å². The number of rotatable bonds is 2. The molecule has 0 aliphatic heterocycles. The van der Waals surface area contributed by atoms with Gasteiger partial charge in [-0.2, -0.15) is 0 Å². The van der Waals surface area contributed by atoms with Gasteiger partial charge in [0.1, 0.15) is 0 Å². The molecule has 0 saturated heterocycles. The van der Waals surface area contributed by atoms with Crippen LogP contribution in [0.25, 0.3) is 71.7 Å². The molecule has 2 aromatic heterocycles. The molecule has 39 heavy (non-hydrogen) atoms. The van der Waals surface area contributed by atoms with Crippen LogP contribution >= 0.6 is 0 Å². The lowest BCUT2D eigenvalue weighted by Crippen LogP contribution is -1.99. The van der Waals surface area contributed by atoms with E-state index in [9.17, 15) is 0 Å². The first-order chi connectivity index (χ1) is 19.4. The molecule has 0 fully saturated rings. The molecular formula is C37H24N2. The maximum absolute atomic E-state index is 2.49. The van der Waals surface area contributed by atoms with E-state index in [-0.39, 0.29) is 0 Å². The van der Waals surface area contributed by atoms with E-state index >= 15 is 0 Å². The van der Waals surface area contributed by atoms with Crippen molar-refractivity contribution in [3.63, 3.8) is 0 Å². The standard InChI is InChI=1S/C37H24N2/c1-3-12-24(13-4-1)38-33-21-11-20-28(33)31-22-32-35(23-34(31)38)39(25-14-5-2-6-15-25)37-30-19-10-8-17-27(30)26-16-7-9-18-29(26)36(32)37/h1-20,22-23H,21H2. The van der Waals surface area contributed by atoms with E-state index in [4.69, 9.17) is 0 Å². The summed E-state index contributed by atoms with van der Waals surface area (Å²) in [5.74, 6) is 0. The monoisotopic (exact) mass is 496 g/mol. The molecule has 2 heterocycles. The SMILES string of the molecule is C1=Cc2c(n(-c3ccccc3)c3cc4c(cc23)c2c3ccccc3c3ccccc3c2n4-c2ccccc2)C1. The average Bonchev–Trinajstić information content (AvgIpc) is 3.68. The molecule has 1 aliphatic carbocycles. The minimum atomic E-state index is 0.954. The molecule has 0 saturated carbocycles. The van der Waals surface area contributed by atoms with Crippen LogP contribution in [-0.2, 0) is 6.42 Å². The van der Waals surface area contributed by atoms with Gasteiger partial charge < -0.3 is 9.13 Å². The average molecular weight is 497 g/mol. The summed E-state index contributed by atoms with van der Waals surface area (Å²) < 4.78 is 4.95. The van der Waals surface area contributed by atoms with Crippen molar-refractivity contribution in [3.05, 3.63) is 139 Å². The van der Waals surface area contributed by atoms with Crippen molar-refractivity contribution in [3.8, 4) is 11.4 Å².